The number of carbonyl (C=O) groups is 2. The van der Waals surface area contributed by atoms with Crippen molar-refractivity contribution in [2.75, 3.05) is 32.5 Å². The summed E-state index contributed by atoms with van der Waals surface area (Å²) in [5, 5.41) is 2.96. The highest BCUT2D eigenvalue weighted by molar-refractivity contribution is 5.92. The minimum absolute atomic E-state index is 0.00265. The Balaban J connectivity index is 1.50. The highest BCUT2D eigenvalue weighted by atomic mass is 16.5. The van der Waals surface area contributed by atoms with Crippen molar-refractivity contribution in [2.24, 2.45) is 5.92 Å². The first-order chi connectivity index (χ1) is 13.0. The number of urea groups is 1. The minimum atomic E-state index is -0.0727. The van der Waals surface area contributed by atoms with Crippen LogP contribution in [-0.2, 0) is 4.79 Å². The van der Waals surface area contributed by atoms with Gasteiger partial charge in [-0.3, -0.25) is 4.79 Å². The van der Waals surface area contributed by atoms with Crippen molar-refractivity contribution in [3.63, 3.8) is 0 Å². The predicted molar refractivity (Wildman–Crippen MR) is 105 cm³/mol. The van der Waals surface area contributed by atoms with Crippen LogP contribution < -0.4 is 10.1 Å². The molecule has 1 heterocycles. The third-order valence-corrected chi connectivity index (χ3v) is 4.62. The fourth-order valence-corrected chi connectivity index (χ4v) is 3.09. The van der Waals surface area contributed by atoms with Gasteiger partial charge < -0.3 is 19.9 Å². The molecular formula is C21H25N3O3. The van der Waals surface area contributed by atoms with Crippen LogP contribution in [0.5, 0.6) is 11.5 Å². The Morgan fingerprint density at radius 3 is 2.15 bits per heavy atom. The maximum atomic E-state index is 12.5. The van der Waals surface area contributed by atoms with E-state index in [4.69, 9.17) is 4.74 Å². The summed E-state index contributed by atoms with van der Waals surface area (Å²) < 4.78 is 5.75. The largest absolute Gasteiger partial charge is 0.457 e. The highest BCUT2D eigenvalue weighted by Crippen LogP contribution is 2.24. The Hall–Kier alpha value is -3.02. The van der Waals surface area contributed by atoms with Gasteiger partial charge in [0.1, 0.15) is 11.5 Å². The predicted octanol–water partition coefficient (Wildman–Crippen LogP) is 3.81. The number of hydrogen-bond donors (Lipinski definition) is 1. The van der Waals surface area contributed by atoms with Crippen LogP contribution in [0.2, 0.25) is 0 Å². The molecule has 1 aliphatic rings. The quantitative estimate of drug-likeness (QED) is 0.894. The molecule has 1 saturated heterocycles. The van der Waals surface area contributed by atoms with Gasteiger partial charge in [0.2, 0.25) is 5.91 Å². The van der Waals surface area contributed by atoms with Gasteiger partial charge in [0.15, 0.2) is 0 Å². The number of para-hydroxylation sites is 1. The standard InChI is InChI=1S/C21H25N3O3/c1-23(2)21(26)24-14-12-16(13-15-24)20(25)22-17-8-10-19(11-9-17)27-18-6-4-3-5-7-18/h3-11,16H,12-15H2,1-2H3,(H,22,25). The van der Waals surface area contributed by atoms with Crippen LogP contribution in [0.25, 0.3) is 0 Å². The number of carbonyl (C=O) groups excluding carboxylic acids is 2. The lowest BCUT2D eigenvalue weighted by molar-refractivity contribution is -0.121. The lowest BCUT2D eigenvalue weighted by Crippen LogP contribution is -2.45. The molecule has 3 rings (SSSR count). The Kier molecular flexibility index (Phi) is 5.96. The Morgan fingerprint density at radius 2 is 1.56 bits per heavy atom. The monoisotopic (exact) mass is 367 g/mol. The second-order valence-corrected chi connectivity index (χ2v) is 6.87. The third kappa shape index (κ3) is 5.00. The van der Waals surface area contributed by atoms with E-state index in [9.17, 15) is 9.59 Å². The number of nitrogens with zero attached hydrogens (tertiary/aromatic N) is 2. The van der Waals surface area contributed by atoms with Crippen molar-refractivity contribution in [1.82, 2.24) is 9.80 Å². The van der Waals surface area contributed by atoms with E-state index in [0.29, 0.717) is 25.9 Å². The zero-order valence-corrected chi connectivity index (χ0v) is 15.7. The topological polar surface area (TPSA) is 61.9 Å². The molecule has 0 aliphatic carbocycles. The van der Waals surface area contributed by atoms with Crippen LogP contribution in [0.1, 0.15) is 12.8 Å². The van der Waals surface area contributed by atoms with Gasteiger partial charge in [0.05, 0.1) is 0 Å². The number of piperidine rings is 1. The fourth-order valence-electron chi connectivity index (χ4n) is 3.09. The van der Waals surface area contributed by atoms with Crippen LogP contribution in [0.3, 0.4) is 0 Å². The van der Waals surface area contributed by atoms with E-state index in [0.717, 1.165) is 17.2 Å². The molecule has 3 amide bonds. The van der Waals surface area contributed by atoms with Crippen LogP contribution in [0.15, 0.2) is 54.6 Å². The SMILES string of the molecule is CN(C)C(=O)N1CCC(C(=O)Nc2ccc(Oc3ccccc3)cc2)CC1. The molecular weight excluding hydrogens is 342 g/mol. The van der Waals surface area contributed by atoms with Gasteiger partial charge in [-0.15, -0.1) is 0 Å². The molecule has 0 spiro atoms. The fraction of sp³-hybridized carbons (Fsp3) is 0.333. The number of amides is 3. The molecule has 0 bridgehead atoms. The van der Waals surface area contributed by atoms with Gasteiger partial charge >= 0.3 is 6.03 Å². The first-order valence-corrected chi connectivity index (χ1v) is 9.13. The van der Waals surface area contributed by atoms with Crippen molar-refractivity contribution in [1.29, 1.82) is 0 Å². The molecule has 0 unspecified atom stereocenters. The molecule has 0 radical (unpaired) electrons. The van der Waals surface area contributed by atoms with Gasteiger partial charge in [0, 0.05) is 38.8 Å². The summed E-state index contributed by atoms with van der Waals surface area (Å²) in [6, 6.07) is 16.9. The van der Waals surface area contributed by atoms with Crippen LogP contribution in [-0.4, -0.2) is 48.9 Å². The number of hydrogen-bond acceptors (Lipinski definition) is 3. The summed E-state index contributed by atoms with van der Waals surface area (Å²) >= 11 is 0. The van der Waals surface area contributed by atoms with E-state index < -0.39 is 0 Å². The van der Waals surface area contributed by atoms with Crippen molar-refractivity contribution >= 4 is 17.6 Å². The molecule has 0 aromatic heterocycles. The molecule has 6 heteroatoms. The average Bonchev–Trinajstić information content (AvgIpc) is 2.69. The van der Waals surface area contributed by atoms with Crippen LogP contribution >= 0.6 is 0 Å². The van der Waals surface area contributed by atoms with Crippen LogP contribution in [0.4, 0.5) is 10.5 Å². The number of ether oxygens (including phenoxy) is 1. The first kappa shape index (κ1) is 18.8. The van der Waals surface area contributed by atoms with E-state index in [1.165, 1.54) is 0 Å². The smallest absolute Gasteiger partial charge is 0.319 e. The van der Waals surface area contributed by atoms with E-state index in [1.807, 2.05) is 54.6 Å². The molecule has 2 aromatic rings. The summed E-state index contributed by atoms with van der Waals surface area (Å²) in [7, 11) is 3.48. The maximum absolute atomic E-state index is 12.5. The molecule has 2 aromatic carbocycles. The summed E-state index contributed by atoms with van der Waals surface area (Å²) in [4.78, 5) is 27.8. The molecule has 1 N–H and O–H groups in total. The molecule has 6 nitrogen and oxygen atoms in total. The summed E-state index contributed by atoms with van der Waals surface area (Å²) in [5.74, 6) is 1.42. The minimum Gasteiger partial charge on any atom is -0.457 e. The van der Waals surface area contributed by atoms with Crippen LogP contribution in [0, 0.1) is 5.92 Å². The Morgan fingerprint density at radius 1 is 0.963 bits per heavy atom. The zero-order valence-electron chi connectivity index (χ0n) is 15.7. The first-order valence-electron chi connectivity index (χ1n) is 9.13. The van der Waals surface area contributed by atoms with E-state index in [2.05, 4.69) is 5.32 Å². The van der Waals surface area contributed by atoms with Gasteiger partial charge in [0.25, 0.3) is 0 Å². The Labute approximate surface area is 159 Å². The van der Waals surface area contributed by atoms with E-state index in [-0.39, 0.29) is 17.9 Å². The number of rotatable bonds is 4. The second kappa shape index (κ2) is 8.58. The molecule has 0 atom stereocenters. The third-order valence-electron chi connectivity index (χ3n) is 4.62. The molecule has 27 heavy (non-hydrogen) atoms. The van der Waals surface area contributed by atoms with Crippen molar-refractivity contribution in [3.8, 4) is 11.5 Å². The normalized spacial score (nSPS) is 14.5. The Bertz CT molecular complexity index is 767. The maximum Gasteiger partial charge on any atom is 0.319 e. The van der Waals surface area contributed by atoms with Crippen molar-refractivity contribution < 1.29 is 14.3 Å². The lowest BCUT2D eigenvalue weighted by Gasteiger charge is -2.33. The number of anilines is 1. The lowest BCUT2D eigenvalue weighted by atomic mass is 9.96. The van der Waals surface area contributed by atoms with Gasteiger partial charge in [-0.2, -0.15) is 0 Å². The molecule has 0 saturated carbocycles. The second-order valence-electron chi connectivity index (χ2n) is 6.87. The number of likely N-dealkylation sites (tertiary alicyclic amines) is 1. The molecule has 1 fully saturated rings. The van der Waals surface area contributed by atoms with Gasteiger partial charge in [-0.25, -0.2) is 4.79 Å². The summed E-state index contributed by atoms with van der Waals surface area (Å²) in [5.41, 5.74) is 0.743. The van der Waals surface area contributed by atoms with E-state index >= 15 is 0 Å². The van der Waals surface area contributed by atoms with Crippen molar-refractivity contribution in [2.45, 2.75) is 12.8 Å². The summed E-state index contributed by atoms with van der Waals surface area (Å²) in [6.07, 6.45) is 1.36. The van der Waals surface area contributed by atoms with Crippen molar-refractivity contribution in [3.05, 3.63) is 54.6 Å². The molecule has 142 valence electrons. The zero-order chi connectivity index (χ0) is 19.2. The number of nitrogens with one attached hydrogen (secondary N) is 1. The highest BCUT2D eigenvalue weighted by Gasteiger charge is 2.27. The molecule has 1 aliphatic heterocycles. The van der Waals surface area contributed by atoms with E-state index in [1.54, 1.807) is 23.9 Å². The number of benzene rings is 2. The summed E-state index contributed by atoms with van der Waals surface area (Å²) in [6.45, 7) is 1.22. The van der Waals surface area contributed by atoms with Gasteiger partial charge in [-0.1, -0.05) is 18.2 Å². The average molecular weight is 367 g/mol. The van der Waals surface area contributed by atoms with Gasteiger partial charge in [-0.05, 0) is 49.2 Å².